The molecule has 0 atom stereocenters. The van der Waals surface area contributed by atoms with Crippen LogP contribution in [0.3, 0.4) is 0 Å². The van der Waals surface area contributed by atoms with E-state index in [9.17, 15) is 0 Å². The molecule has 0 fully saturated rings. The number of hydrogen-bond donors (Lipinski definition) is 2. The van der Waals surface area contributed by atoms with E-state index in [2.05, 4.69) is 27.7 Å². The fourth-order valence-electron chi connectivity index (χ4n) is 0.829. The molecule has 1 aromatic rings. The smallest absolute Gasteiger partial charge is 0.184 e. The number of ether oxygens (including phenoxy) is 1. The third kappa shape index (κ3) is 2.98. The van der Waals surface area contributed by atoms with E-state index in [0.717, 1.165) is 0 Å². The number of pyridine rings is 1. The molecule has 3 N–H and O–H groups in total. The van der Waals surface area contributed by atoms with Gasteiger partial charge in [-0.25, -0.2) is 0 Å². The van der Waals surface area contributed by atoms with Crippen molar-refractivity contribution in [2.75, 3.05) is 7.11 Å². The Morgan fingerprint density at radius 3 is 3.21 bits per heavy atom. The van der Waals surface area contributed by atoms with Gasteiger partial charge in [-0.05, 0) is 24.4 Å². The van der Waals surface area contributed by atoms with Crippen molar-refractivity contribution in [1.82, 2.24) is 10.4 Å². The Labute approximate surface area is 87.0 Å². The molecule has 0 aliphatic carbocycles. The minimum absolute atomic E-state index is 0.108. The zero-order valence-corrected chi connectivity index (χ0v) is 8.41. The molecule has 0 radical (unpaired) electrons. The van der Waals surface area contributed by atoms with Crippen molar-refractivity contribution in [2.24, 2.45) is 10.8 Å². The molecule has 0 unspecified atom stereocenters. The Morgan fingerprint density at radius 2 is 2.57 bits per heavy atom. The van der Waals surface area contributed by atoms with E-state index in [1.54, 1.807) is 25.4 Å². The third-order valence-corrected chi connectivity index (χ3v) is 1.47. The monoisotopic (exact) mass is 210 g/mol. The summed E-state index contributed by atoms with van der Waals surface area (Å²) in [6.45, 7) is 0. The number of hydrogen-bond acceptors (Lipinski definition) is 4. The summed E-state index contributed by atoms with van der Waals surface area (Å²) in [6, 6.07) is 3.56. The standard InChI is InChI=1S/C8H10N4OS/c1-13-7-3-2-4-10-6(7)5-11-12-8(9)14/h2-5H,1H3,(H3,9,12,14)/b11-5-. The SMILES string of the molecule is COc1cccnc1/C=N\NC(N)=S. The first kappa shape index (κ1) is 10.4. The van der Waals surface area contributed by atoms with Crippen molar-refractivity contribution in [1.29, 1.82) is 0 Å². The number of aromatic nitrogens is 1. The van der Waals surface area contributed by atoms with Crippen LogP contribution in [0, 0.1) is 0 Å². The van der Waals surface area contributed by atoms with Gasteiger partial charge < -0.3 is 10.5 Å². The number of thiocarbonyl (C=S) groups is 1. The lowest BCUT2D eigenvalue weighted by atomic mass is 10.3. The van der Waals surface area contributed by atoms with E-state index in [0.29, 0.717) is 11.4 Å². The predicted octanol–water partition coefficient (Wildman–Crippen LogP) is 0.257. The zero-order chi connectivity index (χ0) is 10.4. The fourth-order valence-corrected chi connectivity index (χ4v) is 0.882. The minimum Gasteiger partial charge on any atom is -0.494 e. The highest BCUT2D eigenvalue weighted by Gasteiger charge is 1.98. The molecule has 0 aliphatic rings. The first-order valence-electron chi connectivity index (χ1n) is 3.81. The van der Waals surface area contributed by atoms with Gasteiger partial charge in [0.25, 0.3) is 0 Å². The molecule has 0 spiro atoms. The second kappa shape index (κ2) is 5.13. The van der Waals surface area contributed by atoms with E-state index < -0.39 is 0 Å². The van der Waals surface area contributed by atoms with Crippen molar-refractivity contribution in [3.63, 3.8) is 0 Å². The van der Waals surface area contributed by atoms with Crippen LogP contribution in [0.4, 0.5) is 0 Å². The van der Waals surface area contributed by atoms with Crippen LogP contribution in [-0.2, 0) is 0 Å². The summed E-state index contributed by atoms with van der Waals surface area (Å²) in [7, 11) is 1.56. The van der Waals surface area contributed by atoms with E-state index in [1.807, 2.05) is 0 Å². The highest BCUT2D eigenvalue weighted by molar-refractivity contribution is 7.80. The number of nitrogens with zero attached hydrogens (tertiary/aromatic N) is 2. The Kier molecular flexibility index (Phi) is 3.81. The van der Waals surface area contributed by atoms with Gasteiger partial charge in [-0.15, -0.1) is 0 Å². The van der Waals surface area contributed by atoms with Gasteiger partial charge in [0.05, 0.1) is 13.3 Å². The van der Waals surface area contributed by atoms with Crippen LogP contribution in [0.1, 0.15) is 5.69 Å². The minimum atomic E-state index is 0.108. The topological polar surface area (TPSA) is 72.5 Å². The second-order valence-electron chi connectivity index (χ2n) is 2.33. The normalized spacial score (nSPS) is 10.1. The molecule has 1 heterocycles. The van der Waals surface area contributed by atoms with E-state index in [1.165, 1.54) is 6.21 Å². The molecule has 0 saturated heterocycles. The summed E-state index contributed by atoms with van der Waals surface area (Å²) >= 11 is 4.57. The first-order chi connectivity index (χ1) is 6.74. The highest BCUT2D eigenvalue weighted by atomic mass is 32.1. The molecular formula is C8H10N4OS. The lowest BCUT2D eigenvalue weighted by Gasteiger charge is -2.01. The number of hydrazone groups is 1. The maximum Gasteiger partial charge on any atom is 0.184 e. The summed E-state index contributed by atoms with van der Waals surface area (Å²) in [4.78, 5) is 4.05. The lowest BCUT2D eigenvalue weighted by molar-refractivity contribution is 0.412. The average molecular weight is 210 g/mol. The van der Waals surface area contributed by atoms with Gasteiger partial charge >= 0.3 is 0 Å². The van der Waals surface area contributed by atoms with Crippen molar-refractivity contribution in [3.05, 3.63) is 24.0 Å². The molecule has 0 aromatic carbocycles. The lowest BCUT2D eigenvalue weighted by Crippen LogP contribution is -2.24. The largest absolute Gasteiger partial charge is 0.494 e. The summed E-state index contributed by atoms with van der Waals surface area (Å²) in [5.41, 5.74) is 8.22. The van der Waals surface area contributed by atoms with Gasteiger partial charge in [0.1, 0.15) is 11.4 Å². The maximum atomic E-state index is 5.18. The first-order valence-corrected chi connectivity index (χ1v) is 4.22. The Morgan fingerprint density at radius 1 is 1.79 bits per heavy atom. The molecule has 1 aromatic heterocycles. The highest BCUT2D eigenvalue weighted by Crippen LogP contribution is 2.11. The molecule has 5 nitrogen and oxygen atoms in total. The maximum absolute atomic E-state index is 5.18. The van der Waals surface area contributed by atoms with Crippen LogP contribution in [0.2, 0.25) is 0 Å². The summed E-state index contributed by atoms with van der Waals surface area (Å²) < 4.78 is 5.06. The van der Waals surface area contributed by atoms with Gasteiger partial charge in [-0.3, -0.25) is 10.4 Å². The molecule has 0 bridgehead atoms. The molecule has 0 amide bonds. The summed E-state index contributed by atoms with van der Waals surface area (Å²) in [5, 5.41) is 3.87. The molecule has 0 saturated carbocycles. The zero-order valence-electron chi connectivity index (χ0n) is 7.60. The number of rotatable bonds is 3. The van der Waals surface area contributed by atoms with Crippen molar-refractivity contribution in [3.8, 4) is 5.75 Å². The number of methoxy groups -OCH3 is 1. The van der Waals surface area contributed by atoms with Gasteiger partial charge in [-0.2, -0.15) is 5.10 Å². The Hall–Kier alpha value is -1.69. The van der Waals surface area contributed by atoms with E-state index >= 15 is 0 Å². The van der Waals surface area contributed by atoms with Crippen LogP contribution in [0.25, 0.3) is 0 Å². The third-order valence-electron chi connectivity index (χ3n) is 1.38. The molecule has 6 heteroatoms. The summed E-state index contributed by atoms with van der Waals surface area (Å²) in [6.07, 6.45) is 3.13. The predicted molar refractivity (Wildman–Crippen MR) is 58.3 cm³/mol. The van der Waals surface area contributed by atoms with Crippen LogP contribution in [0.5, 0.6) is 5.75 Å². The van der Waals surface area contributed by atoms with E-state index in [-0.39, 0.29) is 5.11 Å². The Bertz CT molecular complexity index is 353. The van der Waals surface area contributed by atoms with Gasteiger partial charge in [-0.1, -0.05) is 0 Å². The second-order valence-corrected chi connectivity index (χ2v) is 2.76. The fraction of sp³-hybridized carbons (Fsp3) is 0.125. The van der Waals surface area contributed by atoms with Gasteiger partial charge in [0.2, 0.25) is 0 Å². The van der Waals surface area contributed by atoms with Crippen molar-refractivity contribution < 1.29 is 4.74 Å². The van der Waals surface area contributed by atoms with Crippen LogP contribution >= 0.6 is 12.2 Å². The quantitative estimate of drug-likeness (QED) is 0.425. The van der Waals surface area contributed by atoms with E-state index in [4.69, 9.17) is 10.5 Å². The molecule has 0 aliphatic heterocycles. The van der Waals surface area contributed by atoms with Crippen LogP contribution in [0.15, 0.2) is 23.4 Å². The van der Waals surface area contributed by atoms with Gasteiger partial charge in [0.15, 0.2) is 5.11 Å². The van der Waals surface area contributed by atoms with Crippen molar-refractivity contribution >= 4 is 23.5 Å². The molecular weight excluding hydrogens is 200 g/mol. The summed E-state index contributed by atoms with van der Waals surface area (Å²) in [5.74, 6) is 0.640. The van der Waals surface area contributed by atoms with Crippen LogP contribution < -0.4 is 15.9 Å². The number of nitrogens with two attached hydrogens (primary N) is 1. The molecule has 1 rings (SSSR count). The number of nitrogens with one attached hydrogen (secondary N) is 1. The molecule has 74 valence electrons. The molecule has 14 heavy (non-hydrogen) atoms. The van der Waals surface area contributed by atoms with Crippen LogP contribution in [-0.4, -0.2) is 23.4 Å². The Balaban J connectivity index is 2.75. The van der Waals surface area contributed by atoms with Crippen molar-refractivity contribution in [2.45, 2.75) is 0 Å². The van der Waals surface area contributed by atoms with Gasteiger partial charge in [0, 0.05) is 6.20 Å². The average Bonchev–Trinajstić information content (AvgIpc) is 2.18.